The molecule has 0 spiro atoms. The van der Waals surface area contributed by atoms with Crippen molar-refractivity contribution in [2.75, 3.05) is 33.0 Å². The molecular weight excluding hydrogens is 172 g/mol. The van der Waals surface area contributed by atoms with E-state index in [1.54, 1.807) is 0 Å². The highest BCUT2D eigenvalue weighted by atomic mass is 16.5. The molecule has 0 aromatic carbocycles. The fourth-order valence-corrected chi connectivity index (χ4v) is 0.738. The zero-order valence-electron chi connectivity index (χ0n) is 8.24. The second-order valence-corrected chi connectivity index (χ2v) is 2.88. The van der Waals surface area contributed by atoms with Gasteiger partial charge in [-0.05, 0) is 6.42 Å². The fraction of sp³-hybridized carbons (Fsp3) is 1.00. The lowest BCUT2D eigenvalue weighted by atomic mass is 10.4. The number of rotatable bonds is 9. The van der Waals surface area contributed by atoms with Gasteiger partial charge >= 0.3 is 0 Å². The molecule has 1 atom stereocenters. The normalized spacial score (nSPS) is 13.2. The Balaban J connectivity index is 2.91. The molecule has 0 heterocycles. The van der Waals surface area contributed by atoms with E-state index in [9.17, 15) is 0 Å². The topological polar surface area (TPSA) is 58.9 Å². The van der Waals surface area contributed by atoms with Crippen molar-refractivity contribution in [3.8, 4) is 0 Å². The van der Waals surface area contributed by atoms with Gasteiger partial charge < -0.3 is 19.7 Å². The van der Waals surface area contributed by atoms with E-state index in [1.807, 2.05) is 0 Å². The van der Waals surface area contributed by atoms with E-state index in [2.05, 4.69) is 6.92 Å². The van der Waals surface area contributed by atoms with Crippen molar-refractivity contribution in [3.63, 3.8) is 0 Å². The first-order chi connectivity index (χ1) is 6.31. The van der Waals surface area contributed by atoms with E-state index >= 15 is 0 Å². The van der Waals surface area contributed by atoms with Crippen molar-refractivity contribution < 1.29 is 19.7 Å². The summed E-state index contributed by atoms with van der Waals surface area (Å²) >= 11 is 0. The van der Waals surface area contributed by atoms with Gasteiger partial charge in [-0.15, -0.1) is 0 Å². The largest absolute Gasteiger partial charge is 0.394 e. The van der Waals surface area contributed by atoms with Crippen molar-refractivity contribution >= 4 is 0 Å². The van der Waals surface area contributed by atoms with Gasteiger partial charge in [-0.2, -0.15) is 0 Å². The van der Waals surface area contributed by atoms with Crippen LogP contribution in [0.4, 0.5) is 0 Å². The highest BCUT2D eigenvalue weighted by Crippen LogP contribution is 1.88. The van der Waals surface area contributed by atoms with Gasteiger partial charge in [-0.3, -0.25) is 0 Å². The first kappa shape index (κ1) is 12.8. The minimum atomic E-state index is -0.768. The molecule has 0 aliphatic carbocycles. The molecule has 0 saturated heterocycles. The summed E-state index contributed by atoms with van der Waals surface area (Å²) in [6, 6.07) is 0. The van der Waals surface area contributed by atoms with Crippen LogP contribution >= 0.6 is 0 Å². The summed E-state index contributed by atoms with van der Waals surface area (Å²) in [5.74, 6) is 0. The molecule has 0 fully saturated rings. The van der Waals surface area contributed by atoms with E-state index < -0.39 is 6.10 Å². The summed E-state index contributed by atoms with van der Waals surface area (Å²) in [5, 5.41) is 17.3. The Kier molecular flexibility index (Phi) is 9.80. The summed E-state index contributed by atoms with van der Waals surface area (Å²) in [4.78, 5) is 0. The molecule has 0 amide bonds. The lowest BCUT2D eigenvalue weighted by Gasteiger charge is -2.08. The second-order valence-electron chi connectivity index (χ2n) is 2.88. The second kappa shape index (κ2) is 9.92. The zero-order valence-corrected chi connectivity index (χ0v) is 8.24. The highest BCUT2D eigenvalue weighted by molar-refractivity contribution is 4.48. The van der Waals surface area contributed by atoms with Crippen LogP contribution in [0.25, 0.3) is 0 Å². The third-order valence-electron chi connectivity index (χ3n) is 1.54. The van der Waals surface area contributed by atoms with Gasteiger partial charge in [0.25, 0.3) is 0 Å². The third kappa shape index (κ3) is 9.76. The maximum atomic E-state index is 8.88. The Bertz CT molecular complexity index is 97.6. The van der Waals surface area contributed by atoms with Crippen molar-refractivity contribution in [2.45, 2.75) is 25.9 Å². The van der Waals surface area contributed by atoms with E-state index in [0.29, 0.717) is 13.2 Å². The van der Waals surface area contributed by atoms with E-state index in [4.69, 9.17) is 19.7 Å². The fourth-order valence-electron chi connectivity index (χ4n) is 0.738. The molecular formula is C9H20O4. The molecule has 2 N–H and O–H groups in total. The van der Waals surface area contributed by atoms with Gasteiger partial charge in [0.1, 0.15) is 6.10 Å². The number of hydrogen-bond donors (Lipinski definition) is 2. The van der Waals surface area contributed by atoms with Crippen LogP contribution in [0.15, 0.2) is 0 Å². The van der Waals surface area contributed by atoms with E-state index in [-0.39, 0.29) is 13.2 Å². The molecule has 0 aromatic heterocycles. The predicted octanol–water partition coefficient (Wildman–Crippen LogP) is 0.173. The van der Waals surface area contributed by atoms with Gasteiger partial charge in [0.2, 0.25) is 0 Å². The SMILES string of the molecule is CCCCOCCOC[C@@H](O)CO. The predicted molar refractivity (Wildman–Crippen MR) is 49.6 cm³/mol. The van der Waals surface area contributed by atoms with Gasteiger partial charge in [0.15, 0.2) is 0 Å². The molecule has 13 heavy (non-hydrogen) atoms. The van der Waals surface area contributed by atoms with Crippen LogP contribution in [-0.4, -0.2) is 49.4 Å². The van der Waals surface area contributed by atoms with Crippen LogP contribution in [0.3, 0.4) is 0 Å². The molecule has 0 aromatic rings. The van der Waals surface area contributed by atoms with Crippen LogP contribution < -0.4 is 0 Å². The lowest BCUT2D eigenvalue weighted by Crippen LogP contribution is -2.20. The quantitative estimate of drug-likeness (QED) is 0.511. The van der Waals surface area contributed by atoms with Crippen LogP contribution in [0.1, 0.15) is 19.8 Å². The van der Waals surface area contributed by atoms with Gasteiger partial charge in [0, 0.05) is 6.61 Å². The molecule has 0 aliphatic rings. The molecule has 0 bridgehead atoms. The van der Waals surface area contributed by atoms with Gasteiger partial charge in [-0.1, -0.05) is 13.3 Å². The minimum Gasteiger partial charge on any atom is -0.394 e. The average Bonchev–Trinajstić information content (AvgIpc) is 2.16. The zero-order chi connectivity index (χ0) is 9.94. The Morgan fingerprint density at radius 3 is 2.46 bits per heavy atom. The van der Waals surface area contributed by atoms with Crippen molar-refractivity contribution in [1.29, 1.82) is 0 Å². The average molecular weight is 192 g/mol. The number of aliphatic hydroxyl groups excluding tert-OH is 2. The van der Waals surface area contributed by atoms with Crippen LogP contribution in [0.5, 0.6) is 0 Å². The molecule has 0 rings (SSSR count). The van der Waals surface area contributed by atoms with Crippen LogP contribution in [0.2, 0.25) is 0 Å². The van der Waals surface area contributed by atoms with Crippen LogP contribution in [-0.2, 0) is 9.47 Å². The summed E-state index contributed by atoms with van der Waals surface area (Å²) < 4.78 is 10.3. The number of ether oxygens (including phenoxy) is 2. The lowest BCUT2D eigenvalue weighted by molar-refractivity contribution is -0.0149. The van der Waals surface area contributed by atoms with Gasteiger partial charge in [-0.25, -0.2) is 0 Å². The smallest absolute Gasteiger partial charge is 0.100 e. The first-order valence-electron chi connectivity index (χ1n) is 4.75. The molecule has 4 nitrogen and oxygen atoms in total. The van der Waals surface area contributed by atoms with Crippen LogP contribution in [0, 0.1) is 0 Å². The molecule has 80 valence electrons. The summed E-state index contributed by atoms with van der Waals surface area (Å²) in [7, 11) is 0. The molecule has 0 saturated carbocycles. The molecule has 0 radical (unpaired) electrons. The summed E-state index contributed by atoms with van der Waals surface area (Å²) in [6.45, 7) is 3.82. The molecule has 0 aliphatic heterocycles. The van der Waals surface area contributed by atoms with E-state index in [0.717, 1.165) is 19.4 Å². The van der Waals surface area contributed by atoms with Crippen molar-refractivity contribution in [3.05, 3.63) is 0 Å². The van der Waals surface area contributed by atoms with Gasteiger partial charge in [0.05, 0.1) is 26.4 Å². The van der Waals surface area contributed by atoms with Crippen molar-refractivity contribution in [2.24, 2.45) is 0 Å². The highest BCUT2D eigenvalue weighted by Gasteiger charge is 2.00. The Morgan fingerprint density at radius 1 is 1.15 bits per heavy atom. The first-order valence-corrected chi connectivity index (χ1v) is 4.75. The standard InChI is InChI=1S/C9H20O4/c1-2-3-4-12-5-6-13-8-9(11)7-10/h9-11H,2-8H2,1H3/t9-/m0/s1. The summed E-state index contributed by atoms with van der Waals surface area (Å²) in [5.41, 5.74) is 0. The third-order valence-corrected chi connectivity index (χ3v) is 1.54. The van der Waals surface area contributed by atoms with Crippen molar-refractivity contribution in [1.82, 2.24) is 0 Å². The van der Waals surface area contributed by atoms with E-state index in [1.165, 1.54) is 0 Å². The monoisotopic (exact) mass is 192 g/mol. The Morgan fingerprint density at radius 2 is 1.85 bits per heavy atom. The molecule has 0 unspecified atom stereocenters. The Labute approximate surface area is 79.5 Å². The number of unbranched alkanes of at least 4 members (excludes halogenated alkanes) is 1. The number of aliphatic hydroxyl groups is 2. The maximum absolute atomic E-state index is 8.88. The number of hydrogen-bond acceptors (Lipinski definition) is 4. The minimum absolute atomic E-state index is 0.174. The Hall–Kier alpha value is -0.160. The molecule has 4 heteroatoms. The maximum Gasteiger partial charge on any atom is 0.100 e. The summed E-state index contributed by atoms with van der Waals surface area (Å²) in [6.07, 6.45) is 1.43.